The van der Waals surface area contributed by atoms with Crippen molar-refractivity contribution < 1.29 is 4.79 Å². The minimum Gasteiger partial charge on any atom is -0.325 e. The number of nitrogens with one attached hydrogen (secondary N) is 1. The van der Waals surface area contributed by atoms with Crippen molar-refractivity contribution in [3.05, 3.63) is 63.2 Å². The third kappa shape index (κ3) is 3.04. The van der Waals surface area contributed by atoms with Crippen molar-refractivity contribution in [3.63, 3.8) is 0 Å². The highest BCUT2D eigenvalue weighted by molar-refractivity contribution is 7.09. The average Bonchev–Trinajstić information content (AvgIpc) is 3.29. The largest absolute Gasteiger partial charge is 0.325 e. The van der Waals surface area contributed by atoms with Crippen LogP contribution in [0.15, 0.2) is 35.8 Å². The third-order valence-corrected chi connectivity index (χ3v) is 5.67. The molecule has 0 bridgehead atoms. The molecule has 1 unspecified atom stereocenters. The molecule has 6 nitrogen and oxygen atoms in total. The predicted octanol–water partition coefficient (Wildman–Crippen LogP) is 3.28. The maximum absolute atomic E-state index is 12.6. The zero-order valence-corrected chi connectivity index (χ0v) is 15.4. The number of hydrogen-bond donors (Lipinski definition) is 2. The van der Waals surface area contributed by atoms with Gasteiger partial charge in [0.25, 0.3) is 5.91 Å². The van der Waals surface area contributed by atoms with Gasteiger partial charge in [0.2, 0.25) is 0 Å². The lowest BCUT2D eigenvalue weighted by atomic mass is 9.88. The van der Waals surface area contributed by atoms with Crippen molar-refractivity contribution in [1.82, 2.24) is 14.8 Å². The van der Waals surface area contributed by atoms with E-state index in [0.29, 0.717) is 12.2 Å². The van der Waals surface area contributed by atoms with Gasteiger partial charge in [-0.3, -0.25) is 4.79 Å². The minimum absolute atomic E-state index is 0.138. The van der Waals surface area contributed by atoms with Crippen LogP contribution in [0, 0.1) is 6.92 Å². The van der Waals surface area contributed by atoms with Crippen LogP contribution in [0.3, 0.4) is 0 Å². The zero-order valence-electron chi connectivity index (χ0n) is 14.6. The summed E-state index contributed by atoms with van der Waals surface area (Å²) in [7, 11) is 0. The van der Waals surface area contributed by atoms with E-state index in [4.69, 9.17) is 5.73 Å². The standard InChI is InChI=1S/C19H21N5OS/c1-12-10-21-24(16-8-4-6-13-5-2-3-7-14(13)16)18(12)23-19(25)15-11-26-17(9-20)22-15/h2-3,5,7,10-11,16H,4,6,8-9,20H2,1H3,(H,23,25). The number of hydrogen-bond acceptors (Lipinski definition) is 5. The van der Waals surface area contributed by atoms with Crippen LogP contribution in [-0.2, 0) is 13.0 Å². The second-order valence-electron chi connectivity index (χ2n) is 6.51. The molecule has 1 aliphatic rings. The Bertz CT molecular complexity index is 945. The van der Waals surface area contributed by atoms with Crippen molar-refractivity contribution >= 4 is 23.1 Å². The molecule has 26 heavy (non-hydrogen) atoms. The van der Waals surface area contributed by atoms with Gasteiger partial charge in [-0.1, -0.05) is 24.3 Å². The summed E-state index contributed by atoms with van der Waals surface area (Å²) in [6.07, 6.45) is 5.02. The molecule has 2 heterocycles. The molecule has 4 rings (SSSR count). The number of aryl methyl sites for hydroxylation is 2. The number of nitrogens with two attached hydrogens (primary N) is 1. The molecule has 0 aliphatic heterocycles. The predicted molar refractivity (Wildman–Crippen MR) is 102 cm³/mol. The fraction of sp³-hybridized carbons (Fsp3) is 0.316. The van der Waals surface area contributed by atoms with Gasteiger partial charge in [-0.15, -0.1) is 11.3 Å². The van der Waals surface area contributed by atoms with Crippen molar-refractivity contribution in [2.24, 2.45) is 5.73 Å². The minimum atomic E-state index is -0.227. The van der Waals surface area contributed by atoms with E-state index < -0.39 is 0 Å². The number of thiazole rings is 1. The molecule has 0 spiro atoms. The van der Waals surface area contributed by atoms with Crippen LogP contribution in [-0.4, -0.2) is 20.7 Å². The first-order valence-electron chi connectivity index (χ1n) is 8.75. The Morgan fingerprint density at radius 2 is 2.27 bits per heavy atom. The Kier molecular flexibility index (Phi) is 4.57. The lowest BCUT2D eigenvalue weighted by molar-refractivity contribution is 0.102. The van der Waals surface area contributed by atoms with Crippen LogP contribution in [0.4, 0.5) is 5.82 Å². The highest BCUT2D eigenvalue weighted by Gasteiger charge is 2.25. The van der Waals surface area contributed by atoms with Gasteiger partial charge in [-0.25, -0.2) is 9.67 Å². The maximum atomic E-state index is 12.6. The lowest BCUT2D eigenvalue weighted by Crippen LogP contribution is -2.23. The number of nitrogens with zero attached hydrogens (tertiary/aromatic N) is 3. The number of anilines is 1. The summed E-state index contributed by atoms with van der Waals surface area (Å²) in [5.41, 5.74) is 9.58. The molecule has 0 saturated heterocycles. The van der Waals surface area contributed by atoms with E-state index in [1.54, 1.807) is 11.6 Å². The number of carbonyl (C=O) groups is 1. The molecule has 2 aromatic heterocycles. The number of carbonyl (C=O) groups excluding carboxylic acids is 1. The molecule has 1 aliphatic carbocycles. The summed E-state index contributed by atoms with van der Waals surface area (Å²) in [6, 6.07) is 8.62. The van der Waals surface area contributed by atoms with E-state index in [2.05, 4.69) is 39.7 Å². The van der Waals surface area contributed by atoms with Crippen LogP contribution in [0.2, 0.25) is 0 Å². The first-order valence-corrected chi connectivity index (χ1v) is 9.63. The number of benzene rings is 1. The number of aromatic nitrogens is 3. The molecule has 3 aromatic rings. The molecule has 134 valence electrons. The Morgan fingerprint density at radius 3 is 3.08 bits per heavy atom. The van der Waals surface area contributed by atoms with E-state index in [0.717, 1.165) is 35.7 Å². The molecular weight excluding hydrogens is 346 g/mol. The Balaban J connectivity index is 1.65. The number of fused-ring (bicyclic) bond motifs is 1. The summed E-state index contributed by atoms with van der Waals surface area (Å²) < 4.78 is 1.95. The van der Waals surface area contributed by atoms with Gasteiger partial charge >= 0.3 is 0 Å². The summed E-state index contributed by atoms with van der Waals surface area (Å²) in [6.45, 7) is 2.30. The molecule has 7 heteroatoms. The Labute approximate surface area is 156 Å². The van der Waals surface area contributed by atoms with Gasteiger partial charge in [0.1, 0.15) is 16.5 Å². The number of amides is 1. The van der Waals surface area contributed by atoms with Crippen molar-refractivity contribution in [1.29, 1.82) is 0 Å². The van der Waals surface area contributed by atoms with Gasteiger partial charge in [0.15, 0.2) is 0 Å². The molecule has 0 fully saturated rings. The Morgan fingerprint density at radius 1 is 1.42 bits per heavy atom. The maximum Gasteiger partial charge on any atom is 0.276 e. The quantitative estimate of drug-likeness (QED) is 0.741. The van der Waals surface area contributed by atoms with Gasteiger partial charge in [0, 0.05) is 17.5 Å². The van der Waals surface area contributed by atoms with Gasteiger partial charge in [-0.2, -0.15) is 5.10 Å². The van der Waals surface area contributed by atoms with E-state index in [1.807, 2.05) is 11.6 Å². The van der Waals surface area contributed by atoms with Crippen LogP contribution < -0.4 is 11.1 Å². The van der Waals surface area contributed by atoms with Crippen molar-refractivity contribution in [2.75, 3.05) is 5.32 Å². The van der Waals surface area contributed by atoms with Gasteiger partial charge < -0.3 is 11.1 Å². The topological polar surface area (TPSA) is 85.8 Å². The first-order chi connectivity index (χ1) is 12.7. The summed E-state index contributed by atoms with van der Waals surface area (Å²) >= 11 is 1.40. The molecule has 1 aromatic carbocycles. The smallest absolute Gasteiger partial charge is 0.276 e. The number of rotatable bonds is 4. The van der Waals surface area contributed by atoms with Crippen molar-refractivity contribution in [2.45, 2.75) is 38.8 Å². The monoisotopic (exact) mass is 367 g/mol. The fourth-order valence-electron chi connectivity index (χ4n) is 3.50. The second-order valence-corrected chi connectivity index (χ2v) is 7.45. The molecule has 0 saturated carbocycles. The molecule has 1 atom stereocenters. The third-order valence-electron chi connectivity index (χ3n) is 4.80. The van der Waals surface area contributed by atoms with E-state index in [1.165, 1.54) is 22.5 Å². The summed E-state index contributed by atoms with van der Waals surface area (Å²) in [4.78, 5) is 16.9. The van der Waals surface area contributed by atoms with Crippen LogP contribution in [0.5, 0.6) is 0 Å². The SMILES string of the molecule is Cc1cnn(C2CCCc3ccccc32)c1NC(=O)c1csc(CN)n1. The second kappa shape index (κ2) is 7.01. The Hall–Kier alpha value is -2.51. The molecule has 0 radical (unpaired) electrons. The van der Waals surface area contributed by atoms with E-state index in [9.17, 15) is 4.79 Å². The van der Waals surface area contributed by atoms with E-state index >= 15 is 0 Å². The molecule has 1 amide bonds. The normalized spacial score (nSPS) is 16.3. The van der Waals surface area contributed by atoms with Gasteiger partial charge in [-0.05, 0) is 37.3 Å². The zero-order chi connectivity index (χ0) is 18.1. The molecular formula is C19H21N5OS. The first kappa shape index (κ1) is 16.9. The van der Waals surface area contributed by atoms with Crippen LogP contribution >= 0.6 is 11.3 Å². The fourth-order valence-corrected chi connectivity index (χ4v) is 4.16. The highest BCUT2D eigenvalue weighted by Crippen LogP contribution is 2.35. The molecule has 3 N–H and O–H groups in total. The van der Waals surface area contributed by atoms with Gasteiger partial charge in [0.05, 0.1) is 12.2 Å². The average molecular weight is 367 g/mol. The summed E-state index contributed by atoms with van der Waals surface area (Å²) in [5, 5.41) is 10.1. The highest BCUT2D eigenvalue weighted by atomic mass is 32.1. The summed E-state index contributed by atoms with van der Waals surface area (Å²) in [5.74, 6) is 0.508. The lowest BCUT2D eigenvalue weighted by Gasteiger charge is -2.27. The van der Waals surface area contributed by atoms with Crippen LogP contribution in [0.25, 0.3) is 0 Å². The van der Waals surface area contributed by atoms with Crippen molar-refractivity contribution in [3.8, 4) is 0 Å². The van der Waals surface area contributed by atoms with E-state index in [-0.39, 0.29) is 11.9 Å². The van der Waals surface area contributed by atoms with Crippen LogP contribution in [0.1, 0.15) is 51.1 Å².